The van der Waals surface area contributed by atoms with Gasteiger partial charge in [-0.15, -0.1) is 0 Å². The van der Waals surface area contributed by atoms with Crippen LogP contribution in [0.2, 0.25) is 5.02 Å². The van der Waals surface area contributed by atoms with Gasteiger partial charge in [0.15, 0.2) is 0 Å². The lowest BCUT2D eigenvalue weighted by molar-refractivity contribution is -0.128. The number of carbonyl (C=O) groups is 2. The van der Waals surface area contributed by atoms with E-state index in [0.29, 0.717) is 29.3 Å². The Balaban J connectivity index is 1.91. The molecule has 2 N–H and O–H groups in total. The first kappa shape index (κ1) is 18.6. The van der Waals surface area contributed by atoms with E-state index in [1.54, 1.807) is 25.3 Å². The average Bonchev–Trinajstić information content (AvgIpc) is 2.54. The molecule has 0 radical (unpaired) electrons. The van der Waals surface area contributed by atoms with Gasteiger partial charge < -0.3 is 15.4 Å². The first-order valence-corrected chi connectivity index (χ1v) is 8.73. The zero-order valence-corrected chi connectivity index (χ0v) is 15.2. The third-order valence-corrected chi connectivity index (χ3v) is 4.55. The molecule has 0 aliphatic heterocycles. The Morgan fingerprint density at radius 3 is 2.25 bits per heavy atom. The van der Waals surface area contributed by atoms with Crippen LogP contribution in [0.3, 0.4) is 0 Å². The third kappa shape index (κ3) is 4.87. The molecule has 5 nitrogen and oxygen atoms in total. The quantitative estimate of drug-likeness (QED) is 0.850. The van der Waals surface area contributed by atoms with Crippen LogP contribution in [0.4, 0.5) is 5.69 Å². The minimum absolute atomic E-state index is 0.0113. The van der Waals surface area contributed by atoms with Crippen molar-refractivity contribution >= 4 is 29.1 Å². The van der Waals surface area contributed by atoms with Crippen molar-refractivity contribution in [2.45, 2.75) is 45.6 Å². The normalized spacial score (nSPS) is 20.5. The van der Waals surface area contributed by atoms with Crippen molar-refractivity contribution in [3.8, 4) is 5.75 Å². The molecule has 2 rings (SSSR count). The van der Waals surface area contributed by atoms with Crippen LogP contribution in [0.5, 0.6) is 5.75 Å². The Morgan fingerprint density at radius 2 is 1.71 bits per heavy atom. The zero-order valence-electron chi connectivity index (χ0n) is 14.4. The molecule has 0 spiro atoms. The molecule has 1 fully saturated rings. The molecule has 1 saturated carbocycles. The summed E-state index contributed by atoms with van der Waals surface area (Å²) in [4.78, 5) is 24.5. The second-order valence-electron chi connectivity index (χ2n) is 6.55. The number of halogens is 1. The molecular weight excluding hydrogens is 328 g/mol. The van der Waals surface area contributed by atoms with Crippen LogP contribution in [0.15, 0.2) is 18.2 Å². The maximum absolute atomic E-state index is 12.5. The van der Waals surface area contributed by atoms with E-state index in [-0.39, 0.29) is 29.7 Å². The van der Waals surface area contributed by atoms with Crippen LogP contribution in [-0.4, -0.2) is 25.0 Å². The number of rotatable bonds is 5. The minimum atomic E-state index is -0.0863. The van der Waals surface area contributed by atoms with E-state index in [4.69, 9.17) is 16.3 Å². The fraction of sp³-hybridized carbons (Fsp3) is 0.556. The maximum atomic E-state index is 12.5. The molecule has 1 aliphatic carbocycles. The molecule has 1 aliphatic rings. The molecular formula is C18H25ClN2O3. The Hall–Kier alpha value is -1.75. The van der Waals surface area contributed by atoms with Gasteiger partial charge in [0.1, 0.15) is 5.75 Å². The van der Waals surface area contributed by atoms with Crippen molar-refractivity contribution in [3.05, 3.63) is 23.2 Å². The van der Waals surface area contributed by atoms with E-state index in [0.717, 1.165) is 12.8 Å². The van der Waals surface area contributed by atoms with Gasteiger partial charge in [0.2, 0.25) is 11.8 Å². The molecule has 0 saturated heterocycles. The van der Waals surface area contributed by atoms with Gasteiger partial charge in [-0.2, -0.15) is 0 Å². The molecule has 0 unspecified atom stereocenters. The summed E-state index contributed by atoms with van der Waals surface area (Å²) in [6.07, 6.45) is 2.91. The third-order valence-electron chi connectivity index (χ3n) is 4.32. The summed E-state index contributed by atoms with van der Waals surface area (Å²) < 4.78 is 5.25. The number of hydrogen-bond donors (Lipinski definition) is 2. The highest BCUT2D eigenvalue weighted by Gasteiger charge is 2.30. The Morgan fingerprint density at radius 1 is 1.12 bits per heavy atom. The number of nitrogens with one attached hydrogen (secondary N) is 2. The Labute approximate surface area is 148 Å². The SMILES string of the molecule is COc1ccc(Cl)cc1NC(=O)C1CCC(C(=O)NC(C)C)CC1. The highest BCUT2D eigenvalue weighted by molar-refractivity contribution is 6.31. The number of methoxy groups -OCH3 is 1. The van der Waals surface area contributed by atoms with E-state index < -0.39 is 0 Å². The average molecular weight is 353 g/mol. The lowest BCUT2D eigenvalue weighted by atomic mass is 9.81. The van der Waals surface area contributed by atoms with Gasteiger partial charge in [0.05, 0.1) is 12.8 Å². The number of carbonyl (C=O) groups excluding carboxylic acids is 2. The van der Waals surface area contributed by atoms with Gasteiger partial charge >= 0.3 is 0 Å². The molecule has 0 heterocycles. The molecule has 0 atom stereocenters. The van der Waals surface area contributed by atoms with Crippen molar-refractivity contribution in [1.29, 1.82) is 0 Å². The summed E-state index contributed by atoms with van der Waals surface area (Å²) in [5, 5.41) is 6.39. The topological polar surface area (TPSA) is 67.4 Å². The van der Waals surface area contributed by atoms with Crippen molar-refractivity contribution in [2.24, 2.45) is 11.8 Å². The van der Waals surface area contributed by atoms with Crippen LogP contribution in [0.1, 0.15) is 39.5 Å². The fourth-order valence-corrected chi connectivity index (χ4v) is 3.20. The van der Waals surface area contributed by atoms with Gasteiger partial charge in [-0.1, -0.05) is 11.6 Å². The van der Waals surface area contributed by atoms with Crippen molar-refractivity contribution in [1.82, 2.24) is 5.32 Å². The van der Waals surface area contributed by atoms with E-state index >= 15 is 0 Å². The molecule has 1 aromatic rings. The van der Waals surface area contributed by atoms with Gasteiger partial charge in [-0.3, -0.25) is 9.59 Å². The van der Waals surface area contributed by atoms with Crippen LogP contribution in [-0.2, 0) is 9.59 Å². The summed E-state index contributed by atoms with van der Waals surface area (Å²) in [5.74, 6) is 0.561. The maximum Gasteiger partial charge on any atom is 0.227 e. The van der Waals surface area contributed by atoms with E-state index in [2.05, 4.69) is 10.6 Å². The Kier molecular flexibility index (Phi) is 6.49. The summed E-state index contributed by atoms with van der Waals surface area (Å²) in [7, 11) is 1.55. The lowest BCUT2D eigenvalue weighted by Gasteiger charge is -2.27. The summed E-state index contributed by atoms with van der Waals surface area (Å²) in [5.41, 5.74) is 0.578. The van der Waals surface area contributed by atoms with Gasteiger partial charge in [-0.25, -0.2) is 0 Å². The molecule has 0 bridgehead atoms. The number of benzene rings is 1. The highest BCUT2D eigenvalue weighted by Crippen LogP contribution is 2.32. The number of anilines is 1. The number of amides is 2. The van der Waals surface area contributed by atoms with Crippen LogP contribution in [0.25, 0.3) is 0 Å². The van der Waals surface area contributed by atoms with Crippen molar-refractivity contribution in [3.63, 3.8) is 0 Å². The van der Waals surface area contributed by atoms with Gasteiger partial charge in [-0.05, 0) is 57.7 Å². The molecule has 1 aromatic carbocycles. The van der Waals surface area contributed by atoms with Crippen molar-refractivity contribution < 1.29 is 14.3 Å². The smallest absolute Gasteiger partial charge is 0.227 e. The van der Waals surface area contributed by atoms with E-state index in [1.165, 1.54) is 0 Å². The molecule has 0 aromatic heterocycles. The van der Waals surface area contributed by atoms with Crippen LogP contribution < -0.4 is 15.4 Å². The first-order chi connectivity index (χ1) is 11.4. The largest absolute Gasteiger partial charge is 0.495 e. The van der Waals surface area contributed by atoms with E-state index in [9.17, 15) is 9.59 Å². The Bertz CT molecular complexity index is 596. The van der Waals surface area contributed by atoms with Crippen LogP contribution >= 0.6 is 11.6 Å². The fourth-order valence-electron chi connectivity index (χ4n) is 3.03. The van der Waals surface area contributed by atoms with Crippen LogP contribution in [0, 0.1) is 11.8 Å². The van der Waals surface area contributed by atoms with Gasteiger partial charge in [0.25, 0.3) is 0 Å². The lowest BCUT2D eigenvalue weighted by Crippen LogP contribution is -2.38. The van der Waals surface area contributed by atoms with Gasteiger partial charge in [0, 0.05) is 22.9 Å². The molecule has 2 amide bonds. The predicted octanol–water partition coefficient (Wildman–Crippen LogP) is 3.62. The second kappa shape index (κ2) is 8.38. The highest BCUT2D eigenvalue weighted by atomic mass is 35.5. The molecule has 24 heavy (non-hydrogen) atoms. The summed E-state index contributed by atoms with van der Waals surface area (Å²) in [6.45, 7) is 3.91. The number of ether oxygens (including phenoxy) is 1. The molecule has 132 valence electrons. The van der Waals surface area contributed by atoms with Crippen molar-refractivity contribution in [2.75, 3.05) is 12.4 Å². The standard InChI is InChI=1S/C18H25ClN2O3/c1-11(2)20-17(22)12-4-6-13(7-5-12)18(23)21-15-10-14(19)8-9-16(15)24-3/h8-13H,4-7H2,1-3H3,(H,20,22)(H,21,23). The number of hydrogen-bond acceptors (Lipinski definition) is 3. The molecule has 6 heteroatoms. The zero-order chi connectivity index (χ0) is 17.7. The summed E-state index contributed by atoms with van der Waals surface area (Å²) >= 11 is 5.99. The minimum Gasteiger partial charge on any atom is -0.495 e. The summed E-state index contributed by atoms with van der Waals surface area (Å²) in [6, 6.07) is 5.27. The first-order valence-electron chi connectivity index (χ1n) is 8.35. The predicted molar refractivity (Wildman–Crippen MR) is 95.4 cm³/mol. The second-order valence-corrected chi connectivity index (χ2v) is 6.98. The van der Waals surface area contributed by atoms with E-state index in [1.807, 2.05) is 13.8 Å². The monoisotopic (exact) mass is 352 g/mol.